The van der Waals surface area contributed by atoms with Crippen LogP contribution in [-0.4, -0.2) is 53.7 Å². The van der Waals surface area contributed by atoms with Crippen molar-refractivity contribution in [3.63, 3.8) is 0 Å². The lowest BCUT2D eigenvalue weighted by molar-refractivity contribution is -0.142. The second-order valence-electron chi connectivity index (χ2n) is 9.58. The Balaban J connectivity index is 1.22. The largest absolute Gasteiger partial charge is 0.480 e. The van der Waals surface area contributed by atoms with Gasteiger partial charge in [-0.25, -0.2) is 4.79 Å². The van der Waals surface area contributed by atoms with Crippen LogP contribution in [0.2, 0.25) is 10.0 Å². The number of likely N-dealkylation sites (tertiary alicyclic amines) is 1. The van der Waals surface area contributed by atoms with Crippen molar-refractivity contribution in [3.05, 3.63) is 81.8 Å². The normalized spacial score (nSPS) is 17.0. The van der Waals surface area contributed by atoms with Crippen molar-refractivity contribution in [1.82, 2.24) is 10.2 Å². The monoisotopic (exact) mass is 568 g/mol. The summed E-state index contributed by atoms with van der Waals surface area (Å²) >= 11 is 12.4. The van der Waals surface area contributed by atoms with Gasteiger partial charge in [0.15, 0.2) is 11.5 Å². The summed E-state index contributed by atoms with van der Waals surface area (Å²) < 4.78 is 10.7. The molecule has 0 saturated carbocycles. The summed E-state index contributed by atoms with van der Waals surface area (Å²) in [4.78, 5) is 39.8. The van der Waals surface area contributed by atoms with E-state index >= 15 is 0 Å². The van der Waals surface area contributed by atoms with Gasteiger partial charge in [-0.1, -0.05) is 47.5 Å². The highest BCUT2D eigenvalue weighted by atomic mass is 35.5. The first-order chi connectivity index (χ1) is 18.8. The van der Waals surface area contributed by atoms with Crippen LogP contribution in [0.5, 0.6) is 11.5 Å². The minimum atomic E-state index is -1.13. The van der Waals surface area contributed by atoms with E-state index in [1.165, 1.54) is 0 Å². The molecule has 2 aliphatic heterocycles. The number of carbonyl (C=O) groups excluding carboxylic acids is 2. The molecule has 39 heavy (non-hydrogen) atoms. The number of carbonyl (C=O) groups is 3. The molecule has 1 unspecified atom stereocenters. The second-order valence-corrected chi connectivity index (χ2v) is 10.4. The van der Waals surface area contributed by atoms with Crippen LogP contribution in [0.1, 0.15) is 28.8 Å². The molecule has 202 valence electrons. The molecule has 2 heterocycles. The average Bonchev–Trinajstić information content (AvgIpc) is 3.42. The molecule has 8 nitrogen and oxygen atoms in total. The lowest BCUT2D eigenvalue weighted by Crippen LogP contribution is -2.50. The number of hydrogen-bond acceptors (Lipinski definition) is 5. The van der Waals surface area contributed by atoms with Crippen LogP contribution in [0, 0.1) is 5.92 Å². The summed E-state index contributed by atoms with van der Waals surface area (Å²) in [6, 6.07) is 16.4. The average molecular weight is 569 g/mol. The lowest BCUT2D eigenvalue weighted by atomic mass is 9.95. The van der Waals surface area contributed by atoms with Crippen LogP contribution >= 0.6 is 23.2 Å². The Morgan fingerprint density at radius 3 is 2.54 bits per heavy atom. The second kappa shape index (κ2) is 11.6. The number of fused-ring (bicyclic) bond motifs is 1. The van der Waals surface area contributed by atoms with E-state index in [0.717, 1.165) is 16.7 Å². The number of nitrogens with zero attached hydrogens (tertiary/aromatic N) is 1. The maximum Gasteiger partial charge on any atom is 0.326 e. The molecule has 1 fully saturated rings. The molecular formula is C29H26Cl2N2O6. The number of halogens is 2. The summed E-state index contributed by atoms with van der Waals surface area (Å²) in [5.41, 5.74) is 2.81. The highest BCUT2D eigenvalue weighted by Crippen LogP contribution is 2.33. The van der Waals surface area contributed by atoms with Crippen molar-refractivity contribution >= 4 is 41.0 Å². The Morgan fingerprint density at radius 1 is 1.00 bits per heavy atom. The highest BCUT2D eigenvalue weighted by molar-refractivity contribution is 6.35. The highest BCUT2D eigenvalue weighted by Gasteiger charge is 2.32. The van der Waals surface area contributed by atoms with Crippen molar-refractivity contribution < 1.29 is 29.0 Å². The number of benzene rings is 3. The Morgan fingerprint density at radius 2 is 1.77 bits per heavy atom. The number of nitrogens with one attached hydrogen (secondary N) is 1. The van der Waals surface area contributed by atoms with Crippen molar-refractivity contribution in [2.75, 3.05) is 19.9 Å². The maximum atomic E-state index is 13.1. The van der Waals surface area contributed by atoms with E-state index in [-0.39, 0.29) is 31.6 Å². The summed E-state index contributed by atoms with van der Waals surface area (Å²) in [6.45, 7) is 0.840. The third-order valence-corrected chi connectivity index (χ3v) is 7.51. The van der Waals surface area contributed by atoms with Crippen molar-refractivity contribution in [2.45, 2.75) is 25.3 Å². The molecule has 3 aromatic rings. The van der Waals surface area contributed by atoms with Gasteiger partial charge in [0, 0.05) is 40.7 Å². The number of amides is 2. The Hall–Kier alpha value is -3.75. The minimum Gasteiger partial charge on any atom is -0.480 e. The van der Waals surface area contributed by atoms with Gasteiger partial charge in [0.25, 0.3) is 5.91 Å². The van der Waals surface area contributed by atoms with E-state index in [4.69, 9.17) is 32.7 Å². The summed E-state index contributed by atoms with van der Waals surface area (Å²) in [6.07, 6.45) is 1.31. The van der Waals surface area contributed by atoms with Gasteiger partial charge in [0.2, 0.25) is 12.7 Å². The van der Waals surface area contributed by atoms with E-state index in [1.807, 2.05) is 12.1 Å². The Kier molecular flexibility index (Phi) is 7.95. The van der Waals surface area contributed by atoms with Gasteiger partial charge in [-0.2, -0.15) is 0 Å². The van der Waals surface area contributed by atoms with Gasteiger partial charge < -0.3 is 24.8 Å². The van der Waals surface area contributed by atoms with Gasteiger partial charge in [-0.05, 0) is 60.4 Å². The number of rotatable bonds is 7. The van der Waals surface area contributed by atoms with E-state index in [0.29, 0.717) is 46.5 Å². The SMILES string of the molecule is O=C(N[C@@H](Cc1ccc(-c2cc(Cl)ccc2Cl)cc1)C(=O)O)C1CCCN(C(=O)c2ccc3c(c2)OCO3)C1. The number of hydrogen-bond donors (Lipinski definition) is 2. The molecule has 0 aromatic heterocycles. The first-order valence-corrected chi connectivity index (χ1v) is 13.3. The van der Waals surface area contributed by atoms with E-state index in [1.54, 1.807) is 53.4 Å². The predicted octanol–water partition coefficient (Wildman–Crippen LogP) is 5.05. The summed E-state index contributed by atoms with van der Waals surface area (Å²) in [5.74, 6) is -1.13. The van der Waals surface area contributed by atoms with Gasteiger partial charge >= 0.3 is 5.97 Å². The van der Waals surface area contributed by atoms with Crippen LogP contribution in [-0.2, 0) is 16.0 Å². The zero-order chi connectivity index (χ0) is 27.5. The molecule has 10 heteroatoms. The molecule has 1 saturated heterocycles. The number of piperidine rings is 1. The number of ether oxygens (including phenoxy) is 2. The zero-order valence-electron chi connectivity index (χ0n) is 20.9. The smallest absolute Gasteiger partial charge is 0.326 e. The molecule has 2 atom stereocenters. The predicted molar refractivity (Wildman–Crippen MR) is 146 cm³/mol. The lowest BCUT2D eigenvalue weighted by Gasteiger charge is -2.32. The summed E-state index contributed by atoms with van der Waals surface area (Å²) in [5, 5.41) is 13.6. The molecular weight excluding hydrogens is 543 g/mol. The van der Waals surface area contributed by atoms with Crippen LogP contribution in [0.25, 0.3) is 11.1 Å². The fourth-order valence-corrected chi connectivity index (χ4v) is 5.25. The van der Waals surface area contributed by atoms with Crippen molar-refractivity contribution in [3.8, 4) is 22.6 Å². The molecule has 0 bridgehead atoms. The van der Waals surface area contributed by atoms with Gasteiger partial charge in [0.1, 0.15) is 6.04 Å². The minimum absolute atomic E-state index is 0.108. The topological polar surface area (TPSA) is 105 Å². The molecule has 2 aliphatic rings. The zero-order valence-corrected chi connectivity index (χ0v) is 22.4. The molecule has 2 N–H and O–H groups in total. The molecule has 0 aliphatic carbocycles. The van der Waals surface area contributed by atoms with Gasteiger partial charge in [-0.3, -0.25) is 9.59 Å². The molecule has 0 spiro atoms. The quantitative estimate of drug-likeness (QED) is 0.413. The third kappa shape index (κ3) is 6.13. The molecule has 3 aromatic carbocycles. The van der Waals surface area contributed by atoms with Crippen LogP contribution < -0.4 is 14.8 Å². The maximum absolute atomic E-state index is 13.1. The number of aliphatic carboxylic acids is 1. The van der Waals surface area contributed by atoms with Crippen LogP contribution in [0.15, 0.2) is 60.7 Å². The van der Waals surface area contributed by atoms with E-state index < -0.39 is 17.9 Å². The molecule has 5 rings (SSSR count). The third-order valence-electron chi connectivity index (χ3n) is 6.95. The first kappa shape index (κ1) is 26.8. The summed E-state index contributed by atoms with van der Waals surface area (Å²) in [7, 11) is 0. The Bertz CT molecular complexity index is 1410. The fraction of sp³-hybridized carbons (Fsp3) is 0.276. The van der Waals surface area contributed by atoms with Crippen LogP contribution in [0.3, 0.4) is 0 Å². The standard InChI is InChI=1S/C29H26Cl2N2O6/c30-21-8-9-23(31)22(14-21)18-5-3-17(4-6-18)12-24(29(36)37)32-27(34)20-2-1-11-33(15-20)28(35)19-7-10-25-26(13-19)39-16-38-25/h3-10,13-14,20,24H,1-2,11-12,15-16H2,(H,32,34)(H,36,37)/t20?,24-/m0/s1. The molecule has 2 amide bonds. The fourth-order valence-electron chi connectivity index (χ4n) is 4.85. The van der Waals surface area contributed by atoms with Gasteiger partial charge in [0.05, 0.1) is 5.92 Å². The van der Waals surface area contributed by atoms with E-state index in [9.17, 15) is 19.5 Å². The first-order valence-electron chi connectivity index (χ1n) is 12.5. The van der Waals surface area contributed by atoms with Crippen LogP contribution in [0.4, 0.5) is 0 Å². The molecule has 0 radical (unpaired) electrons. The van der Waals surface area contributed by atoms with Crippen molar-refractivity contribution in [2.24, 2.45) is 5.92 Å². The van der Waals surface area contributed by atoms with E-state index in [2.05, 4.69) is 5.32 Å². The number of carboxylic acid groups (broad SMARTS) is 1. The van der Waals surface area contributed by atoms with Gasteiger partial charge in [-0.15, -0.1) is 0 Å². The Labute approximate surface area is 235 Å². The van der Waals surface area contributed by atoms with Crippen molar-refractivity contribution in [1.29, 1.82) is 0 Å². The number of carboxylic acids is 1.